The summed E-state index contributed by atoms with van der Waals surface area (Å²) >= 11 is 0. The van der Waals surface area contributed by atoms with E-state index in [4.69, 9.17) is 16.4 Å². The average Bonchev–Trinajstić information content (AvgIpc) is 2.12. The predicted molar refractivity (Wildman–Crippen MR) is 38.6 cm³/mol. The Kier molecular flexibility index (Phi) is 5.02. The summed E-state index contributed by atoms with van der Waals surface area (Å²) in [4.78, 5) is 10.4. The molecular weight excluding hydrogens is 160 g/mol. The molecule has 0 aromatic rings. The molecule has 7 heteroatoms. The summed E-state index contributed by atoms with van der Waals surface area (Å²) in [6.07, 6.45) is 0. The fourth-order valence-corrected chi connectivity index (χ4v) is 0.390. The van der Waals surface area contributed by atoms with Gasteiger partial charge in [0, 0.05) is 6.54 Å². The third kappa shape index (κ3) is 4.06. The highest BCUT2D eigenvalue weighted by atomic mass is 16.2. The fraction of sp³-hybridized carbons (Fsp3) is 0.400. The van der Waals surface area contributed by atoms with Crippen molar-refractivity contribution in [1.29, 1.82) is 10.5 Å². The maximum Gasteiger partial charge on any atom is 0.343 e. The van der Waals surface area contributed by atoms with Gasteiger partial charge in [-0.1, -0.05) is 0 Å². The lowest BCUT2D eigenvalue weighted by Crippen LogP contribution is -2.48. The van der Waals surface area contributed by atoms with Crippen molar-refractivity contribution in [2.24, 2.45) is 11.8 Å². The van der Waals surface area contributed by atoms with E-state index in [0.29, 0.717) is 0 Å². The molecule has 5 N–H and O–H groups in total. The van der Waals surface area contributed by atoms with E-state index < -0.39 is 11.9 Å². The molecule has 0 aromatic heterocycles. The summed E-state index contributed by atoms with van der Waals surface area (Å²) < 4.78 is 0. The molecule has 0 rings (SSSR count). The van der Waals surface area contributed by atoms with Gasteiger partial charge in [-0.05, 0) is 0 Å². The van der Waals surface area contributed by atoms with Crippen molar-refractivity contribution in [3.8, 4) is 12.1 Å². The number of hydrogen-bond donors (Lipinski definition) is 4. The molecule has 0 heterocycles. The third-order valence-electron chi connectivity index (χ3n) is 0.951. The third-order valence-corrected chi connectivity index (χ3v) is 0.951. The van der Waals surface area contributed by atoms with Gasteiger partial charge >= 0.3 is 6.03 Å². The Bertz CT molecular complexity index is 211. The van der Waals surface area contributed by atoms with E-state index in [1.807, 2.05) is 0 Å². The van der Waals surface area contributed by atoms with Crippen LogP contribution in [0.5, 0.6) is 0 Å². The summed E-state index contributed by atoms with van der Waals surface area (Å²) in [5, 5.41) is 16.6. The molecule has 0 fully saturated rings. The van der Waals surface area contributed by atoms with Crippen LogP contribution in [0.2, 0.25) is 0 Å². The number of carbonyl (C=O) groups is 1. The number of nitrogens with two attached hydrogens (primary N) is 1. The molecule has 0 spiro atoms. The molecule has 7 nitrogen and oxygen atoms in total. The van der Waals surface area contributed by atoms with Crippen LogP contribution in [0.3, 0.4) is 0 Å². The van der Waals surface area contributed by atoms with Crippen molar-refractivity contribution in [3.63, 3.8) is 0 Å². The van der Waals surface area contributed by atoms with Gasteiger partial charge in [-0.25, -0.2) is 16.1 Å². The molecule has 0 aliphatic rings. The highest BCUT2D eigenvalue weighted by Crippen LogP contribution is 1.85. The number of amides is 2. The molecule has 0 unspecified atom stereocenters. The number of carbonyl (C=O) groups excluding carboxylic acids is 1. The minimum atomic E-state index is -0.789. The second-order valence-corrected chi connectivity index (χ2v) is 1.79. The molecule has 2 amide bonds. The molecule has 0 aromatic carbocycles. The maximum absolute atomic E-state index is 10.4. The number of urea groups is 1. The van der Waals surface area contributed by atoms with Gasteiger partial charge in [0.05, 0.1) is 12.1 Å². The topological polar surface area (TPSA) is 127 Å². The second kappa shape index (κ2) is 5.92. The van der Waals surface area contributed by atoms with E-state index in [2.05, 4.69) is 10.9 Å². The first-order chi connectivity index (χ1) is 5.74. The van der Waals surface area contributed by atoms with Gasteiger partial charge in [0.15, 0.2) is 0 Å². The van der Waals surface area contributed by atoms with E-state index in [9.17, 15) is 4.79 Å². The molecule has 0 bridgehead atoms. The zero-order valence-corrected chi connectivity index (χ0v) is 6.16. The fourth-order valence-electron chi connectivity index (χ4n) is 0.390. The van der Waals surface area contributed by atoms with E-state index in [0.717, 1.165) is 0 Å². The minimum absolute atomic E-state index is 0.0560. The van der Waals surface area contributed by atoms with Gasteiger partial charge in [0.2, 0.25) is 0 Å². The molecular formula is C5H8N6O. The van der Waals surface area contributed by atoms with Crippen molar-refractivity contribution in [3.05, 3.63) is 0 Å². The van der Waals surface area contributed by atoms with E-state index in [-0.39, 0.29) is 6.54 Å². The maximum atomic E-state index is 10.4. The van der Waals surface area contributed by atoms with Crippen molar-refractivity contribution >= 4 is 6.03 Å². The Hall–Kier alpha value is -1.83. The van der Waals surface area contributed by atoms with Crippen LogP contribution in [0.15, 0.2) is 0 Å². The number of rotatable bonds is 3. The molecule has 0 aliphatic heterocycles. The molecule has 0 saturated carbocycles. The highest BCUT2D eigenvalue weighted by Gasteiger charge is 2.04. The van der Waals surface area contributed by atoms with Crippen molar-refractivity contribution in [2.75, 3.05) is 6.54 Å². The Balaban J connectivity index is 3.51. The van der Waals surface area contributed by atoms with Gasteiger partial charge in [-0.2, -0.15) is 10.5 Å². The van der Waals surface area contributed by atoms with Crippen LogP contribution in [0.25, 0.3) is 0 Å². The van der Waals surface area contributed by atoms with E-state index in [1.165, 1.54) is 0 Å². The monoisotopic (exact) mass is 168 g/mol. The second-order valence-electron chi connectivity index (χ2n) is 1.79. The van der Waals surface area contributed by atoms with Crippen LogP contribution in [-0.2, 0) is 0 Å². The average molecular weight is 168 g/mol. The zero-order chi connectivity index (χ0) is 9.40. The van der Waals surface area contributed by atoms with Gasteiger partial charge in [0.1, 0.15) is 5.92 Å². The summed E-state index contributed by atoms with van der Waals surface area (Å²) in [5.41, 5.74) is 6.25. The first-order valence-corrected chi connectivity index (χ1v) is 3.03. The van der Waals surface area contributed by atoms with Crippen LogP contribution in [0, 0.1) is 28.6 Å². The SMILES string of the molecule is N#CC(C#N)CNNC(=O)NN. The number of nitrogens with zero attached hydrogens (tertiary/aromatic N) is 2. The smallest absolute Gasteiger partial charge is 0.275 e. The Morgan fingerprint density at radius 2 is 2.08 bits per heavy atom. The van der Waals surface area contributed by atoms with Gasteiger partial charge in [0.25, 0.3) is 0 Å². The quantitative estimate of drug-likeness (QED) is 0.227. The van der Waals surface area contributed by atoms with Crippen LogP contribution in [0.1, 0.15) is 0 Å². The summed E-state index contributed by atoms with van der Waals surface area (Å²) in [7, 11) is 0. The molecule has 0 radical (unpaired) electrons. The molecule has 0 atom stereocenters. The molecule has 64 valence electrons. The van der Waals surface area contributed by atoms with Crippen molar-refractivity contribution in [2.45, 2.75) is 0 Å². The predicted octanol–water partition coefficient (Wildman–Crippen LogP) is -1.67. The van der Waals surface area contributed by atoms with Gasteiger partial charge < -0.3 is 0 Å². The summed E-state index contributed by atoms with van der Waals surface area (Å²) in [6.45, 7) is 0.0560. The molecule has 0 saturated heterocycles. The first-order valence-electron chi connectivity index (χ1n) is 3.03. The number of hydrazine groups is 2. The Labute approximate surface area is 69.1 Å². The standard InChI is InChI=1S/C5H8N6O/c6-1-4(2-7)3-9-11-5(12)10-8/h4,9H,3,8H2,(H2,10,11,12). The normalized spacial score (nSPS) is 8.33. The van der Waals surface area contributed by atoms with E-state index >= 15 is 0 Å². The summed E-state index contributed by atoms with van der Waals surface area (Å²) in [5.74, 6) is 3.93. The Morgan fingerprint density at radius 1 is 1.50 bits per heavy atom. The van der Waals surface area contributed by atoms with Crippen LogP contribution in [-0.4, -0.2) is 12.6 Å². The Morgan fingerprint density at radius 3 is 2.50 bits per heavy atom. The number of nitriles is 2. The van der Waals surface area contributed by atoms with Crippen LogP contribution in [0.4, 0.5) is 4.79 Å². The van der Waals surface area contributed by atoms with Gasteiger partial charge in [-0.15, -0.1) is 0 Å². The first kappa shape index (κ1) is 10.2. The molecule has 12 heavy (non-hydrogen) atoms. The zero-order valence-electron chi connectivity index (χ0n) is 6.16. The lowest BCUT2D eigenvalue weighted by atomic mass is 10.2. The number of hydrogen-bond acceptors (Lipinski definition) is 5. The highest BCUT2D eigenvalue weighted by molar-refractivity contribution is 5.72. The lowest BCUT2D eigenvalue weighted by molar-refractivity contribution is 0.236. The van der Waals surface area contributed by atoms with Crippen LogP contribution >= 0.6 is 0 Å². The lowest BCUT2D eigenvalue weighted by Gasteiger charge is -2.04. The van der Waals surface area contributed by atoms with Crippen LogP contribution < -0.4 is 22.1 Å². The number of nitrogens with one attached hydrogen (secondary N) is 3. The summed E-state index contributed by atoms with van der Waals surface area (Å²) in [6, 6.07) is 2.80. The van der Waals surface area contributed by atoms with Crippen molar-refractivity contribution < 1.29 is 4.79 Å². The van der Waals surface area contributed by atoms with E-state index in [1.54, 1.807) is 17.6 Å². The molecule has 0 aliphatic carbocycles. The van der Waals surface area contributed by atoms with Crippen molar-refractivity contribution in [1.82, 2.24) is 16.3 Å². The largest absolute Gasteiger partial charge is 0.343 e. The minimum Gasteiger partial charge on any atom is -0.275 e. The van der Waals surface area contributed by atoms with Gasteiger partial charge in [-0.3, -0.25) is 10.9 Å².